The Kier molecular flexibility index (Phi) is 7.02. The number of rotatable bonds is 10. The largest absolute Gasteiger partial charge is 0.381 e. The first-order chi connectivity index (χ1) is 10.8. The molecule has 1 unspecified atom stereocenters. The zero-order valence-electron chi connectivity index (χ0n) is 13.0. The van der Waals surface area contributed by atoms with E-state index in [9.17, 15) is 0 Å². The number of hydrogen-bond donors (Lipinski definition) is 0. The highest BCUT2D eigenvalue weighted by Gasteiger charge is 2.17. The van der Waals surface area contributed by atoms with E-state index in [1.807, 2.05) is 30.3 Å². The Hall–Kier alpha value is -1.76. The van der Waals surface area contributed by atoms with Gasteiger partial charge in [0.05, 0.1) is 13.2 Å². The molecule has 0 bridgehead atoms. The molecule has 2 rings (SSSR count). The molecule has 0 aliphatic carbocycles. The van der Waals surface area contributed by atoms with Gasteiger partial charge >= 0.3 is 0 Å². The first kappa shape index (κ1) is 16.6. The van der Waals surface area contributed by atoms with Gasteiger partial charge in [-0.2, -0.15) is 4.98 Å². The molecule has 0 spiro atoms. The average molecular weight is 306 g/mol. The van der Waals surface area contributed by atoms with Gasteiger partial charge in [-0.3, -0.25) is 0 Å². The number of hydrogen-bond acceptors (Lipinski definition) is 6. The van der Waals surface area contributed by atoms with Gasteiger partial charge in [0.15, 0.2) is 0 Å². The standard InChI is InChI=1S/C16H22N2O4/c1-19-12-14(20-2)16-17-15(22-18-16)9-6-10-21-11-13-7-4-3-5-8-13/h3-5,7-8,14H,6,9-12H2,1-2H3. The highest BCUT2D eigenvalue weighted by atomic mass is 16.5. The molecule has 0 N–H and O–H groups in total. The number of nitrogens with zero attached hydrogens (tertiary/aromatic N) is 2. The van der Waals surface area contributed by atoms with E-state index in [0.29, 0.717) is 38.0 Å². The highest BCUT2D eigenvalue weighted by Crippen LogP contribution is 2.14. The summed E-state index contributed by atoms with van der Waals surface area (Å²) in [6, 6.07) is 10.1. The Morgan fingerprint density at radius 1 is 1.18 bits per heavy atom. The van der Waals surface area contributed by atoms with E-state index in [0.717, 1.165) is 6.42 Å². The molecule has 2 aromatic rings. The predicted octanol–water partition coefficient (Wildman–Crippen LogP) is 2.55. The number of aryl methyl sites for hydroxylation is 1. The minimum Gasteiger partial charge on any atom is -0.381 e. The van der Waals surface area contributed by atoms with Gasteiger partial charge in [0.25, 0.3) is 0 Å². The van der Waals surface area contributed by atoms with E-state index in [1.54, 1.807) is 14.2 Å². The second kappa shape index (κ2) is 9.30. The summed E-state index contributed by atoms with van der Waals surface area (Å²) in [6.07, 6.45) is 1.22. The van der Waals surface area contributed by atoms with Gasteiger partial charge in [0.2, 0.25) is 11.7 Å². The van der Waals surface area contributed by atoms with Crippen LogP contribution in [-0.2, 0) is 27.2 Å². The molecule has 0 saturated heterocycles. The van der Waals surface area contributed by atoms with Crippen molar-refractivity contribution in [3.63, 3.8) is 0 Å². The quantitative estimate of drug-likeness (QED) is 0.628. The van der Waals surface area contributed by atoms with Gasteiger partial charge in [0, 0.05) is 27.2 Å². The van der Waals surface area contributed by atoms with Crippen molar-refractivity contribution in [3.8, 4) is 0 Å². The molecular formula is C16H22N2O4. The maximum absolute atomic E-state index is 5.62. The van der Waals surface area contributed by atoms with Gasteiger partial charge in [-0.15, -0.1) is 0 Å². The summed E-state index contributed by atoms with van der Waals surface area (Å²) in [5.41, 5.74) is 1.17. The summed E-state index contributed by atoms with van der Waals surface area (Å²) in [4.78, 5) is 4.32. The molecule has 6 heteroatoms. The molecule has 22 heavy (non-hydrogen) atoms. The van der Waals surface area contributed by atoms with Crippen LogP contribution in [0.2, 0.25) is 0 Å². The molecule has 0 aliphatic rings. The third-order valence-electron chi connectivity index (χ3n) is 3.17. The van der Waals surface area contributed by atoms with Gasteiger partial charge in [-0.25, -0.2) is 0 Å². The Balaban J connectivity index is 1.68. The Bertz CT molecular complexity index is 530. The topological polar surface area (TPSA) is 66.6 Å². The van der Waals surface area contributed by atoms with Crippen LogP contribution in [0.4, 0.5) is 0 Å². The Morgan fingerprint density at radius 3 is 2.73 bits per heavy atom. The van der Waals surface area contributed by atoms with E-state index in [2.05, 4.69) is 10.1 Å². The summed E-state index contributed by atoms with van der Waals surface area (Å²) in [5.74, 6) is 1.11. The van der Waals surface area contributed by atoms with Crippen LogP contribution in [-0.4, -0.2) is 37.6 Å². The fourth-order valence-corrected chi connectivity index (χ4v) is 1.99. The second-order valence-corrected chi connectivity index (χ2v) is 4.87. The van der Waals surface area contributed by atoms with Crippen molar-refractivity contribution >= 4 is 0 Å². The maximum atomic E-state index is 5.62. The number of benzene rings is 1. The normalized spacial score (nSPS) is 12.5. The Labute approximate surface area is 130 Å². The van der Waals surface area contributed by atoms with Crippen molar-refractivity contribution < 1.29 is 18.7 Å². The third kappa shape index (κ3) is 5.22. The van der Waals surface area contributed by atoms with Crippen molar-refractivity contribution in [1.82, 2.24) is 10.1 Å². The van der Waals surface area contributed by atoms with E-state index in [1.165, 1.54) is 5.56 Å². The monoisotopic (exact) mass is 306 g/mol. The van der Waals surface area contributed by atoms with Crippen LogP contribution < -0.4 is 0 Å². The molecule has 0 fully saturated rings. The molecule has 1 atom stereocenters. The molecule has 1 aromatic heterocycles. The van der Waals surface area contributed by atoms with E-state index in [4.69, 9.17) is 18.7 Å². The number of ether oxygens (including phenoxy) is 3. The van der Waals surface area contributed by atoms with Crippen LogP contribution >= 0.6 is 0 Å². The van der Waals surface area contributed by atoms with Crippen LogP contribution in [0.25, 0.3) is 0 Å². The molecular weight excluding hydrogens is 284 g/mol. The zero-order valence-corrected chi connectivity index (χ0v) is 13.0. The molecule has 0 amide bonds. The van der Waals surface area contributed by atoms with Crippen LogP contribution in [0.1, 0.15) is 29.8 Å². The van der Waals surface area contributed by atoms with Crippen molar-refractivity contribution in [2.45, 2.75) is 25.6 Å². The third-order valence-corrected chi connectivity index (χ3v) is 3.17. The molecule has 6 nitrogen and oxygen atoms in total. The molecule has 120 valence electrons. The minimum atomic E-state index is -0.295. The van der Waals surface area contributed by atoms with Gasteiger partial charge in [0.1, 0.15) is 6.10 Å². The minimum absolute atomic E-state index is 0.295. The SMILES string of the molecule is COCC(OC)c1noc(CCCOCc2ccccc2)n1. The van der Waals surface area contributed by atoms with Gasteiger partial charge in [-0.1, -0.05) is 35.5 Å². The maximum Gasteiger partial charge on any atom is 0.226 e. The summed E-state index contributed by atoms with van der Waals surface area (Å²) in [7, 11) is 3.20. The summed E-state index contributed by atoms with van der Waals surface area (Å²) in [6.45, 7) is 1.67. The molecule has 1 aromatic carbocycles. The lowest BCUT2D eigenvalue weighted by molar-refractivity contribution is 0.0209. The van der Waals surface area contributed by atoms with E-state index in [-0.39, 0.29) is 6.10 Å². The molecule has 0 radical (unpaired) electrons. The van der Waals surface area contributed by atoms with Gasteiger partial charge in [-0.05, 0) is 12.0 Å². The summed E-state index contributed by atoms with van der Waals surface area (Å²) >= 11 is 0. The van der Waals surface area contributed by atoms with Crippen LogP contribution in [0.5, 0.6) is 0 Å². The average Bonchev–Trinajstić information content (AvgIpc) is 3.02. The summed E-state index contributed by atoms with van der Waals surface area (Å²) < 4.78 is 21.1. The zero-order chi connectivity index (χ0) is 15.6. The number of methoxy groups -OCH3 is 2. The fourth-order valence-electron chi connectivity index (χ4n) is 1.99. The fraction of sp³-hybridized carbons (Fsp3) is 0.500. The lowest BCUT2D eigenvalue weighted by atomic mass is 10.2. The smallest absolute Gasteiger partial charge is 0.226 e. The lowest BCUT2D eigenvalue weighted by Gasteiger charge is -2.08. The summed E-state index contributed by atoms with van der Waals surface area (Å²) in [5, 5.41) is 3.92. The van der Waals surface area contributed by atoms with Crippen molar-refractivity contribution in [1.29, 1.82) is 0 Å². The Morgan fingerprint density at radius 2 is 2.00 bits per heavy atom. The first-order valence-electron chi connectivity index (χ1n) is 7.29. The van der Waals surface area contributed by atoms with Crippen LogP contribution in [0, 0.1) is 0 Å². The van der Waals surface area contributed by atoms with E-state index >= 15 is 0 Å². The van der Waals surface area contributed by atoms with Crippen molar-refractivity contribution in [2.24, 2.45) is 0 Å². The van der Waals surface area contributed by atoms with Crippen LogP contribution in [0.3, 0.4) is 0 Å². The molecule has 0 aliphatic heterocycles. The highest BCUT2D eigenvalue weighted by molar-refractivity contribution is 5.13. The van der Waals surface area contributed by atoms with Crippen molar-refractivity contribution in [2.75, 3.05) is 27.4 Å². The predicted molar refractivity (Wildman–Crippen MR) is 80.3 cm³/mol. The van der Waals surface area contributed by atoms with E-state index < -0.39 is 0 Å². The number of aromatic nitrogens is 2. The molecule has 0 saturated carbocycles. The van der Waals surface area contributed by atoms with Crippen LogP contribution in [0.15, 0.2) is 34.9 Å². The lowest BCUT2D eigenvalue weighted by Crippen LogP contribution is -2.10. The second-order valence-electron chi connectivity index (χ2n) is 4.87. The van der Waals surface area contributed by atoms with Crippen molar-refractivity contribution in [3.05, 3.63) is 47.6 Å². The molecule has 1 heterocycles. The van der Waals surface area contributed by atoms with Gasteiger partial charge < -0.3 is 18.7 Å². The first-order valence-corrected chi connectivity index (χ1v) is 7.29.